The summed E-state index contributed by atoms with van der Waals surface area (Å²) in [6.45, 7) is 2.15. The molecule has 3 aromatic rings. The summed E-state index contributed by atoms with van der Waals surface area (Å²) >= 11 is 0. The highest BCUT2D eigenvalue weighted by atomic mass is 19.4. The number of carboxylic acids is 1. The fourth-order valence-corrected chi connectivity index (χ4v) is 6.29. The molecule has 2 atom stereocenters. The summed E-state index contributed by atoms with van der Waals surface area (Å²) in [4.78, 5) is 26.6. The first kappa shape index (κ1) is 29.0. The highest BCUT2D eigenvalue weighted by Crippen LogP contribution is 2.46. The number of fused-ring (bicyclic) bond motifs is 2. The van der Waals surface area contributed by atoms with Crippen LogP contribution < -0.4 is 10.1 Å². The highest BCUT2D eigenvalue weighted by molar-refractivity contribution is 5.94. The van der Waals surface area contributed by atoms with Crippen LogP contribution in [0.15, 0.2) is 47.0 Å². The van der Waals surface area contributed by atoms with Gasteiger partial charge in [0, 0.05) is 29.1 Å². The average Bonchev–Trinajstić information content (AvgIpc) is 3.67. The number of urea groups is 1. The molecule has 9 nitrogen and oxygen atoms in total. The van der Waals surface area contributed by atoms with Gasteiger partial charge in [-0.05, 0) is 69.7 Å². The van der Waals surface area contributed by atoms with Gasteiger partial charge in [-0.2, -0.15) is 13.2 Å². The standard InChI is InChI=1S/C31H32F3N3O6/c1-2-41-26-13-18(29(38)39)9-12-25(26)35-30(40)37-19-10-11-20(37)15-21(14-19)42-16-23-27(36-43-28(23)17-7-8-17)22-5-3-4-6-24(22)31(32,33)34/h3-6,9,12-13,17,19-21H,2,7-8,10-11,14-16H2,1H3,(H,35,40)(H,38,39). The Kier molecular flexibility index (Phi) is 7.80. The zero-order valence-corrected chi connectivity index (χ0v) is 23.5. The lowest BCUT2D eigenvalue weighted by Gasteiger charge is -2.38. The SMILES string of the molecule is CCOc1cc(C(=O)O)ccc1NC(=O)N1C2CCC1CC(OCc1c(-c3ccccc3C(F)(F)F)noc1C1CC1)C2. The van der Waals surface area contributed by atoms with Crippen molar-refractivity contribution in [1.82, 2.24) is 10.1 Å². The number of hydrogen-bond acceptors (Lipinski definition) is 6. The van der Waals surface area contributed by atoms with Gasteiger partial charge in [-0.25, -0.2) is 9.59 Å². The Morgan fingerprint density at radius 2 is 1.81 bits per heavy atom. The minimum atomic E-state index is -4.54. The molecule has 1 aromatic heterocycles. The molecule has 3 aliphatic rings. The van der Waals surface area contributed by atoms with Crippen LogP contribution in [0.4, 0.5) is 23.7 Å². The fraction of sp³-hybridized carbons (Fsp3) is 0.452. The molecule has 2 bridgehead atoms. The Balaban J connectivity index is 1.15. The van der Waals surface area contributed by atoms with E-state index in [-0.39, 0.29) is 59.3 Å². The van der Waals surface area contributed by atoms with Gasteiger partial charge in [0.2, 0.25) is 0 Å². The molecule has 12 heteroatoms. The van der Waals surface area contributed by atoms with E-state index < -0.39 is 17.7 Å². The predicted octanol–water partition coefficient (Wildman–Crippen LogP) is 7.08. The lowest BCUT2D eigenvalue weighted by molar-refractivity contribution is -0.137. The normalized spacial score (nSPS) is 21.6. The van der Waals surface area contributed by atoms with E-state index in [1.54, 1.807) is 13.0 Å². The van der Waals surface area contributed by atoms with Gasteiger partial charge in [-0.1, -0.05) is 23.4 Å². The zero-order chi connectivity index (χ0) is 30.3. The number of carbonyl (C=O) groups excluding carboxylic acids is 1. The highest BCUT2D eigenvalue weighted by Gasteiger charge is 2.44. The average molecular weight is 600 g/mol. The number of nitrogens with zero attached hydrogens (tertiary/aromatic N) is 2. The van der Waals surface area contributed by atoms with E-state index in [1.165, 1.54) is 30.3 Å². The molecular formula is C31H32F3N3O6. The molecule has 2 aliphatic heterocycles. The number of anilines is 1. The van der Waals surface area contributed by atoms with Crippen molar-refractivity contribution < 1.29 is 41.9 Å². The molecule has 3 fully saturated rings. The minimum Gasteiger partial charge on any atom is -0.492 e. The topological polar surface area (TPSA) is 114 Å². The number of benzene rings is 2. The lowest BCUT2D eigenvalue weighted by atomic mass is 9.98. The van der Waals surface area contributed by atoms with E-state index in [1.807, 2.05) is 4.90 Å². The van der Waals surface area contributed by atoms with E-state index >= 15 is 0 Å². The molecule has 3 heterocycles. The van der Waals surface area contributed by atoms with Crippen molar-refractivity contribution in [3.05, 3.63) is 64.9 Å². The van der Waals surface area contributed by atoms with Gasteiger partial charge in [0.15, 0.2) is 0 Å². The van der Waals surface area contributed by atoms with Crippen LogP contribution in [0.5, 0.6) is 5.75 Å². The van der Waals surface area contributed by atoms with Crippen LogP contribution in [0.2, 0.25) is 0 Å². The zero-order valence-electron chi connectivity index (χ0n) is 23.5. The molecule has 2 saturated heterocycles. The second-order valence-electron chi connectivity index (χ2n) is 11.3. The maximum Gasteiger partial charge on any atom is 0.417 e. The van der Waals surface area contributed by atoms with Crippen molar-refractivity contribution in [3.8, 4) is 17.0 Å². The Bertz CT molecular complexity index is 1500. The number of amides is 2. The quantitative estimate of drug-likeness (QED) is 0.270. The summed E-state index contributed by atoms with van der Waals surface area (Å²) < 4.78 is 58.9. The van der Waals surface area contributed by atoms with Crippen LogP contribution in [0.3, 0.4) is 0 Å². The molecule has 0 spiro atoms. The van der Waals surface area contributed by atoms with E-state index in [0.29, 0.717) is 36.5 Å². The Morgan fingerprint density at radius 1 is 1.09 bits per heavy atom. The van der Waals surface area contributed by atoms with Crippen LogP contribution in [0.1, 0.15) is 78.6 Å². The third-order valence-electron chi connectivity index (χ3n) is 8.41. The number of halogens is 3. The van der Waals surface area contributed by atoms with E-state index in [4.69, 9.17) is 14.0 Å². The van der Waals surface area contributed by atoms with Crippen molar-refractivity contribution >= 4 is 17.7 Å². The fourth-order valence-electron chi connectivity index (χ4n) is 6.29. The van der Waals surface area contributed by atoms with Crippen LogP contribution in [0, 0.1) is 0 Å². The molecule has 228 valence electrons. The van der Waals surface area contributed by atoms with Crippen molar-refractivity contribution in [3.63, 3.8) is 0 Å². The van der Waals surface area contributed by atoms with Crippen molar-refractivity contribution in [2.75, 3.05) is 11.9 Å². The number of hydrogen-bond donors (Lipinski definition) is 2. The van der Waals surface area contributed by atoms with E-state index in [0.717, 1.165) is 31.7 Å². The molecule has 1 saturated carbocycles. The monoisotopic (exact) mass is 599 g/mol. The molecule has 0 radical (unpaired) electrons. The smallest absolute Gasteiger partial charge is 0.417 e. The molecule has 2 N–H and O–H groups in total. The number of aromatic carboxylic acids is 1. The summed E-state index contributed by atoms with van der Waals surface area (Å²) in [6, 6.07) is 9.23. The first-order chi connectivity index (χ1) is 20.6. The lowest BCUT2D eigenvalue weighted by Crippen LogP contribution is -2.50. The Labute approximate surface area is 245 Å². The summed E-state index contributed by atoms with van der Waals surface area (Å²) in [5, 5.41) is 16.3. The Morgan fingerprint density at radius 3 is 2.47 bits per heavy atom. The number of nitrogens with one attached hydrogen (secondary N) is 1. The third-order valence-corrected chi connectivity index (χ3v) is 8.41. The third kappa shape index (κ3) is 5.93. The summed E-state index contributed by atoms with van der Waals surface area (Å²) in [6.07, 6.45) is -0.172. The molecule has 2 unspecified atom stereocenters. The summed E-state index contributed by atoms with van der Waals surface area (Å²) in [5.41, 5.74) is 0.366. The number of carbonyl (C=O) groups is 2. The molecule has 1 aliphatic carbocycles. The number of rotatable bonds is 9. The minimum absolute atomic E-state index is 0.0291. The molecule has 2 aromatic carbocycles. The second-order valence-corrected chi connectivity index (χ2v) is 11.3. The second kappa shape index (κ2) is 11.6. The van der Waals surface area contributed by atoms with Crippen LogP contribution >= 0.6 is 0 Å². The first-order valence-corrected chi connectivity index (χ1v) is 14.5. The molecular weight excluding hydrogens is 567 g/mol. The van der Waals surface area contributed by atoms with E-state index in [9.17, 15) is 27.9 Å². The number of piperidine rings is 1. The van der Waals surface area contributed by atoms with Gasteiger partial charge in [0.05, 0.1) is 36.1 Å². The maximum atomic E-state index is 13.8. The largest absolute Gasteiger partial charge is 0.492 e. The van der Waals surface area contributed by atoms with Gasteiger partial charge >= 0.3 is 18.2 Å². The predicted molar refractivity (Wildman–Crippen MR) is 149 cm³/mol. The van der Waals surface area contributed by atoms with Crippen LogP contribution in [0.25, 0.3) is 11.3 Å². The van der Waals surface area contributed by atoms with Crippen LogP contribution in [-0.4, -0.2) is 52.0 Å². The number of carboxylic acid groups (broad SMARTS) is 1. The molecule has 6 rings (SSSR count). The summed E-state index contributed by atoms with van der Waals surface area (Å²) in [7, 11) is 0. The van der Waals surface area contributed by atoms with E-state index in [2.05, 4.69) is 10.5 Å². The number of aromatic nitrogens is 1. The van der Waals surface area contributed by atoms with Crippen molar-refractivity contribution in [1.29, 1.82) is 0 Å². The molecule has 43 heavy (non-hydrogen) atoms. The maximum absolute atomic E-state index is 13.8. The van der Waals surface area contributed by atoms with Crippen LogP contribution in [-0.2, 0) is 17.5 Å². The first-order valence-electron chi connectivity index (χ1n) is 14.5. The van der Waals surface area contributed by atoms with Gasteiger partial charge in [-0.3, -0.25) is 0 Å². The van der Waals surface area contributed by atoms with Crippen molar-refractivity contribution in [2.45, 2.75) is 82.3 Å². The van der Waals surface area contributed by atoms with Gasteiger partial charge in [0.25, 0.3) is 0 Å². The molecule has 2 amide bonds. The number of ether oxygens (including phenoxy) is 2. The van der Waals surface area contributed by atoms with Gasteiger partial charge in [-0.15, -0.1) is 0 Å². The number of alkyl halides is 3. The summed E-state index contributed by atoms with van der Waals surface area (Å²) in [5.74, 6) is -0.0907. The Hall–Kier alpha value is -4.06. The van der Waals surface area contributed by atoms with Crippen molar-refractivity contribution in [2.24, 2.45) is 0 Å². The van der Waals surface area contributed by atoms with Gasteiger partial charge < -0.3 is 29.3 Å². The van der Waals surface area contributed by atoms with Gasteiger partial charge in [0.1, 0.15) is 17.2 Å².